The van der Waals surface area contributed by atoms with Crippen molar-refractivity contribution >= 4 is 8.38 Å². The van der Waals surface area contributed by atoms with Crippen molar-refractivity contribution in [3.05, 3.63) is 11.4 Å². The molecule has 0 bridgehead atoms. The van der Waals surface area contributed by atoms with Crippen molar-refractivity contribution in [2.75, 3.05) is 6.61 Å². The van der Waals surface area contributed by atoms with Crippen LogP contribution >= 0.6 is 8.38 Å². The summed E-state index contributed by atoms with van der Waals surface area (Å²) in [6, 6.07) is 0. The van der Waals surface area contributed by atoms with Crippen LogP contribution in [0, 0.1) is 11.8 Å². The maximum absolute atomic E-state index is 10.1. The van der Waals surface area contributed by atoms with Crippen LogP contribution in [-0.2, 0) is 9.26 Å². The van der Waals surface area contributed by atoms with Crippen LogP contribution in [0.4, 0.5) is 0 Å². The van der Waals surface area contributed by atoms with Crippen LogP contribution in [0.15, 0.2) is 11.4 Å². The van der Waals surface area contributed by atoms with Gasteiger partial charge >= 0.3 is 0 Å². The topological polar surface area (TPSA) is 38.7 Å². The molecule has 4 atom stereocenters. The summed E-state index contributed by atoms with van der Waals surface area (Å²) < 4.78 is 11.6. The molecule has 1 aliphatic rings. The van der Waals surface area contributed by atoms with E-state index in [1.165, 1.54) is 0 Å². The Morgan fingerprint density at radius 2 is 1.95 bits per heavy atom. The van der Waals surface area contributed by atoms with Gasteiger partial charge in [-0.15, -0.1) is 0 Å². The average Bonchev–Trinajstić information content (AvgIpc) is 2.40. The summed E-state index contributed by atoms with van der Waals surface area (Å²) in [4.78, 5) is 10.1. The first-order valence-electron chi connectivity index (χ1n) is 7.51. The molecule has 112 valence electrons. The van der Waals surface area contributed by atoms with Gasteiger partial charge in [-0.1, -0.05) is 27.7 Å². The van der Waals surface area contributed by atoms with Crippen LogP contribution in [0.25, 0.3) is 0 Å². The van der Waals surface area contributed by atoms with Crippen LogP contribution in [0.2, 0.25) is 0 Å². The van der Waals surface area contributed by atoms with Crippen LogP contribution < -0.4 is 0 Å². The highest BCUT2D eigenvalue weighted by Crippen LogP contribution is 2.49. The Bertz CT molecular complexity index is 289. The quantitative estimate of drug-likeness (QED) is 0.703. The molecule has 0 aromatic carbocycles. The van der Waals surface area contributed by atoms with E-state index in [1.54, 1.807) is 0 Å². The van der Waals surface area contributed by atoms with Crippen molar-refractivity contribution in [3.63, 3.8) is 0 Å². The van der Waals surface area contributed by atoms with Crippen molar-refractivity contribution in [2.24, 2.45) is 11.8 Å². The molecular formula is C15H29O3P. The third-order valence-electron chi connectivity index (χ3n) is 4.06. The lowest BCUT2D eigenvalue weighted by molar-refractivity contribution is -0.0310. The first-order chi connectivity index (χ1) is 9.03. The molecule has 0 saturated carbocycles. The Balaban J connectivity index is 2.78. The van der Waals surface area contributed by atoms with Crippen LogP contribution in [0.3, 0.4) is 0 Å². The van der Waals surface area contributed by atoms with Gasteiger partial charge in [0.15, 0.2) is 8.38 Å². The number of hydrogen-bond acceptors (Lipinski definition) is 3. The normalized spacial score (nSPS) is 29.4. The molecule has 0 fully saturated rings. The third kappa shape index (κ3) is 4.82. The summed E-state index contributed by atoms with van der Waals surface area (Å²) in [5.74, 6) is 1.02. The number of rotatable bonds is 7. The zero-order valence-corrected chi connectivity index (χ0v) is 13.8. The Kier molecular flexibility index (Phi) is 7.53. The highest BCUT2D eigenvalue weighted by molar-refractivity contribution is 7.51. The maximum atomic E-state index is 10.1. The summed E-state index contributed by atoms with van der Waals surface area (Å²) in [5, 5.41) is 1.04. The Morgan fingerprint density at radius 3 is 2.47 bits per heavy atom. The van der Waals surface area contributed by atoms with E-state index in [0.29, 0.717) is 24.5 Å². The Hall–Kier alpha value is 0.0500. The first kappa shape index (κ1) is 17.1. The van der Waals surface area contributed by atoms with Gasteiger partial charge in [-0.05, 0) is 44.1 Å². The maximum Gasteiger partial charge on any atom is 0.197 e. The molecule has 3 nitrogen and oxygen atoms in total. The van der Waals surface area contributed by atoms with Crippen LogP contribution in [0.1, 0.15) is 53.9 Å². The van der Waals surface area contributed by atoms with Gasteiger partial charge in [0, 0.05) is 5.31 Å². The average molecular weight is 288 g/mol. The summed E-state index contributed by atoms with van der Waals surface area (Å²) in [6.07, 6.45) is 5.54. The highest BCUT2D eigenvalue weighted by Gasteiger charge is 2.31. The minimum absolute atomic E-state index is 0.112. The molecule has 0 radical (unpaired) electrons. The van der Waals surface area contributed by atoms with Crippen molar-refractivity contribution in [2.45, 2.75) is 66.1 Å². The zero-order chi connectivity index (χ0) is 14.4. The zero-order valence-electron chi connectivity index (χ0n) is 12.9. The minimum atomic E-state index is -1.42. The van der Waals surface area contributed by atoms with Crippen molar-refractivity contribution in [1.29, 1.82) is 0 Å². The first-order valence-corrected chi connectivity index (χ1v) is 8.72. The molecule has 0 saturated heterocycles. The number of ether oxygens (including phenoxy) is 1. The van der Waals surface area contributed by atoms with Crippen LogP contribution in [-0.4, -0.2) is 23.7 Å². The largest absolute Gasteiger partial charge is 0.371 e. The summed E-state index contributed by atoms with van der Waals surface area (Å²) in [5.41, 5.74) is 0. The number of hydrogen-bond donors (Lipinski definition) is 1. The van der Waals surface area contributed by atoms with Crippen LogP contribution in [0.5, 0.6) is 0 Å². The molecule has 19 heavy (non-hydrogen) atoms. The SMILES string of the molecule is CCOP(O)C1=C[C@@H](OC(CC)CC)[C@H](C)C(C)C1. The molecule has 1 N–H and O–H groups in total. The summed E-state index contributed by atoms with van der Waals surface area (Å²) in [6.45, 7) is 11.3. The van der Waals surface area contributed by atoms with E-state index in [4.69, 9.17) is 9.26 Å². The smallest absolute Gasteiger partial charge is 0.197 e. The van der Waals surface area contributed by atoms with Gasteiger partial charge in [0.2, 0.25) is 0 Å². The number of allylic oxidation sites excluding steroid dienone is 1. The van der Waals surface area contributed by atoms with Crippen molar-refractivity contribution in [1.82, 2.24) is 0 Å². The minimum Gasteiger partial charge on any atom is -0.371 e. The van der Waals surface area contributed by atoms with Crippen molar-refractivity contribution in [3.8, 4) is 0 Å². The summed E-state index contributed by atoms with van der Waals surface area (Å²) >= 11 is 0. The van der Waals surface area contributed by atoms with E-state index in [2.05, 4.69) is 33.8 Å². The second-order valence-electron chi connectivity index (χ2n) is 5.43. The van der Waals surface area contributed by atoms with Gasteiger partial charge in [-0.2, -0.15) is 0 Å². The monoisotopic (exact) mass is 288 g/mol. The molecule has 0 heterocycles. The molecule has 0 aromatic rings. The molecule has 1 rings (SSSR count). The molecule has 1 aliphatic carbocycles. The van der Waals surface area contributed by atoms with E-state index in [1.807, 2.05) is 6.92 Å². The fourth-order valence-electron chi connectivity index (χ4n) is 2.46. The van der Waals surface area contributed by atoms with Gasteiger partial charge in [-0.25, -0.2) is 0 Å². The Labute approximate surface area is 119 Å². The second-order valence-corrected chi connectivity index (χ2v) is 6.81. The predicted molar refractivity (Wildman–Crippen MR) is 81.0 cm³/mol. The van der Waals surface area contributed by atoms with E-state index < -0.39 is 8.38 Å². The molecule has 4 heteroatoms. The van der Waals surface area contributed by atoms with Gasteiger partial charge < -0.3 is 14.2 Å². The lowest BCUT2D eigenvalue weighted by Gasteiger charge is -2.35. The van der Waals surface area contributed by atoms with E-state index >= 15 is 0 Å². The molecule has 0 aliphatic heterocycles. The van der Waals surface area contributed by atoms with Gasteiger partial charge in [0.25, 0.3) is 0 Å². The van der Waals surface area contributed by atoms with E-state index in [-0.39, 0.29) is 6.10 Å². The molecule has 0 spiro atoms. The summed E-state index contributed by atoms with van der Waals surface area (Å²) in [7, 11) is -1.42. The van der Waals surface area contributed by atoms with Gasteiger partial charge in [0.05, 0.1) is 18.8 Å². The fraction of sp³-hybridized carbons (Fsp3) is 0.867. The lowest BCUT2D eigenvalue weighted by Crippen LogP contribution is -2.32. The molecule has 0 aromatic heterocycles. The molecule has 2 unspecified atom stereocenters. The van der Waals surface area contributed by atoms with Crippen molar-refractivity contribution < 1.29 is 14.2 Å². The highest BCUT2D eigenvalue weighted by atomic mass is 31.2. The molecule has 0 amide bonds. The van der Waals surface area contributed by atoms with Gasteiger partial charge in [0.1, 0.15) is 0 Å². The van der Waals surface area contributed by atoms with E-state index in [0.717, 1.165) is 24.6 Å². The standard InChI is InChI=1S/C15H29O3P/c1-6-13(7-2)18-15-10-14(19(16)17-8-3)9-11(4)12(15)5/h10-13,15-16H,6-9H2,1-5H3/t11?,12-,15-,19?/m1/s1. The fourth-order valence-corrected chi connectivity index (χ4v) is 3.59. The predicted octanol–water partition coefficient (Wildman–Crippen LogP) is 4.46. The molecular weight excluding hydrogens is 259 g/mol. The van der Waals surface area contributed by atoms with E-state index in [9.17, 15) is 4.89 Å². The van der Waals surface area contributed by atoms with Gasteiger partial charge in [-0.3, -0.25) is 0 Å². The second kappa shape index (κ2) is 8.36. The Morgan fingerprint density at radius 1 is 1.32 bits per heavy atom. The third-order valence-corrected chi connectivity index (χ3v) is 5.39. The lowest BCUT2D eigenvalue weighted by atomic mass is 9.83.